The molecule has 44 heavy (non-hydrogen) atoms. The van der Waals surface area contributed by atoms with Crippen LogP contribution in [-0.2, 0) is 23.9 Å². The molecule has 0 spiro atoms. The number of benzene rings is 1. The Labute approximate surface area is 253 Å². The van der Waals surface area contributed by atoms with Crippen molar-refractivity contribution >= 4 is 23.2 Å². The van der Waals surface area contributed by atoms with E-state index >= 15 is 0 Å². The van der Waals surface area contributed by atoms with Gasteiger partial charge in [-0.15, -0.1) is 0 Å². The van der Waals surface area contributed by atoms with Crippen LogP contribution >= 0.6 is 0 Å². The number of amides is 2. The van der Waals surface area contributed by atoms with Gasteiger partial charge in [0.15, 0.2) is 5.69 Å². The Morgan fingerprint density at radius 2 is 1.66 bits per heavy atom. The van der Waals surface area contributed by atoms with Crippen LogP contribution in [0.5, 0.6) is 0 Å². The highest BCUT2D eigenvalue weighted by atomic mass is 19.4. The lowest BCUT2D eigenvalue weighted by Gasteiger charge is -2.38. The lowest BCUT2D eigenvalue weighted by molar-refractivity contribution is -0.142. The number of nitrogens with zero attached hydrogens (tertiary/aromatic N) is 7. The molecule has 0 unspecified atom stereocenters. The van der Waals surface area contributed by atoms with Crippen molar-refractivity contribution in [1.29, 1.82) is 0 Å². The Morgan fingerprint density at radius 1 is 1.00 bits per heavy atom. The van der Waals surface area contributed by atoms with E-state index in [0.29, 0.717) is 48.5 Å². The third kappa shape index (κ3) is 6.69. The summed E-state index contributed by atoms with van der Waals surface area (Å²) in [4.78, 5) is 35.8. The number of aryl methyl sites for hydroxylation is 1. The molecule has 2 amide bonds. The van der Waals surface area contributed by atoms with E-state index in [1.807, 2.05) is 17.9 Å². The molecule has 0 bridgehead atoms. The van der Waals surface area contributed by atoms with Crippen molar-refractivity contribution in [3.05, 3.63) is 53.0 Å². The fourth-order valence-corrected chi connectivity index (χ4v) is 6.15. The molecule has 0 aliphatic carbocycles. The summed E-state index contributed by atoms with van der Waals surface area (Å²) in [7, 11) is 3.68. The van der Waals surface area contributed by atoms with Gasteiger partial charge in [-0.05, 0) is 63.2 Å². The van der Waals surface area contributed by atoms with Gasteiger partial charge in [0.25, 0.3) is 12.3 Å². The average molecular weight is 624 g/mol. The molecule has 0 radical (unpaired) electrons. The van der Waals surface area contributed by atoms with Crippen LogP contribution in [0.1, 0.15) is 46.9 Å². The Balaban J connectivity index is 1.29. The van der Waals surface area contributed by atoms with Gasteiger partial charge in [-0.2, -0.15) is 18.3 Å². The topological polar surface area (TPSA) is 68.2 Å². The first kappa shape index (κ1) is 31.7. The number of alkyl halides is 5. The van der Waals surface area contributed by atoms with Gasteiger partial charge in [0, 0.05) is 68.4 Å². The zero-order chi connectivity index (χ0) is 31.8. The smallest absolute Gasteiger partial charge is 0.355 e. The van der Waals surface area contributed by atoms with E-state index in [1.165, 1.54) is 6.20 Å². The first-order valence-corrected chi connectivity index (χ1v) is 14.9. The summed E-state index contributed by atoms with van der Waals surface area (Å²) >= 11 is 0. The number of aromatic nitrogens is 2. The van der Waals surface area contributed by atoms with Gasteiger partial charge in [-0.3, -0.25) is 14.3 Å². The number of hydrogen-bond acceptors (Lipinski definition) is 6. The molecule has 3 aliphatic rings. The molecule has 2 aromatic rings. The Kier molecular flexibility index (Phi) is 9.19. The monoisotopic (exact) mass is 623 g/mol. The molecule has 1 aromatic heterocycles. The fourth-order valence-electron chi connectivity index (χ4n) is 6.15. The number of anilines is 1. The largest absolute Gasteiger partial charge is 0.435 e. The summed E-state index contributed by atoms with van der Waals surface area (Å²) in [6.45, 7) is 4.93. The Morgan fingerprint density at radius 3 is 2.27 bits per heavy atom. The van der Waals surface area contributed by atoms with Gasteiger partial charge >= 0.3 is 6.18 Å². The van der Waals surface area contributed by atoms with E-state index in [4.69, 9.17) is 0 Å². The highest BCUT2D eigenvalue weighted by molar-refractivity contribution is 5.96. The molecule has 0 saturated carbocycles. The molecule has 3 aliphatic heterocycles. The molecule has 2 fully saturated rings. The van der Waals surface area contributed by atoms with Crippen molar-refractivity contribution < 1.29 is 31.5 Å². The van der Waals surface area contributed by atoms with Crippen LogP contribution < -0.4 is 4.90 Å². The van der Waals surface area contributed by atoms with E-state index in [9.17, 15) is 31.5 Å². The van der Waals surface area contributed by atoms with Crippen LogP contribution in [0.4, 0.5) is 27.6 Å². The summed E-state index contributed by atoms with van der Waals surface area (Å²) in [6.07, 6.45) is -2.86. The maximum Gasteiger partial charge on any atom is 0.435 e. The average Bonchev–Trinajstić information content (AvgIpc) is 3.59. The third-order valence-corrected chi connectivity index (χ3v) is 8.66. The van der Waals surface area contributed by atoms with Crippen molar-refractivity contribution in [1.82, 2.24) is 29.4 Å². The molecule has 1 aromatic carbocycles. The van der Waals surface area contributed by atoms with Crippen molar-refractivity contribution in [2.24, 2.45) is 5.92 Å². The summed E-state index contributed by atoms with van der Waals surface area (Å²) in [6, 6.07) is 5.34. The minimum Gasteiger partial charge on any atom is -0.355 e. The molecule has 4 heterocycles. The minimum absolute atomic E-state index is 0.0424. The molecular formula is C30H38F5N7O2. The maximum atomic E-state index is 13.8. The molecule has 0 atom stereocenters. The number of piperazine rings is 1. The SMILES string of the molecule is CCc1cc(N2C=C(c3cn(CC(F)F)nc3C(F)(F)F)N(C)C2)ccc1C(=O)N1CCN(C(=O)C2CCN(C)CC2)CC1. The molecule has 9 nitrogen and oxygen atoms in total. The molecule has 240 valence electrons. The standard InChI is InChI=1S/C30H38F5N7O2/c1-4-20-15-22(41-17-25(38(3)19-41)24-16-42(18-26(31)32)36-27(24)30(33,34)35)5-6-23(20)29(44)40-13-11-39(12-14-40)28(43)21-7-9-37(2)10-8-21/h5-6,15-17,21,26H,4,7-14,18-19H2,1-3H3. The van der Waals surface area contributed by atoms with Crippen molar-refractivity contribution in [2.45, 2.75) is 45.3 Å². The highest BCUT2D eigenvalue weighted by Gasteiger charge is 2.40. The Bertz CT molecular complexity index is 1390. The van der Waals surface area contributed by atoms with Crippen LogP contribution in [0, 0.1) is 5.92 Å². The van der Waals surface area contributed by atoms with Gasteiger partial charge in [0.2, 0.25) is 5.91 Å². The zero-order valence-electron chi connectivity index (χ0n) is 25.2. The maximum absolute atomic E-state index is 13.8. The van der Waals surface area contributed by atoms with Crippen molar-refractivity contribution in [3.63, 3.8) is 0 Å². The highest BCUT2D eigenvalue weighted by Crippen LogP contribution is 2.38. The number of carbonyl (C=O) groups excluding carboxylic acids is 2. The zero-order valence-corrected chi connectivity index (χ0v) is 25.2. The minimum atomic E-state index is -4.82. The van der Waals surface area contributed by atoms with Gasteiger partial charge < -0.3 is 24.5 Å². The number of hydrogen-bond donors (Lipinski definition) is 0. The molecular weight excluding hydrogens is 585 g/mol. The van der Waals surface area contributed by atoms with Crippen LogP contribution in [0.3, 0.4) is 0 Å². The lowest BCUT2D eigenvalue weighted by Crippen LogP contribution is -2.52. The second kappa shape index (κ2) is 12.7. The normalized spacial score (nSPS) is 18.9. The van der Waals surface area contributed by atoms with Crippen LogP contribution in [-0.4, -0.2) is 108 Å². The second-order valence-electron chi connectivity index (χ2n) is 11.7. The first-order valence-electron chi connectivity index (χ1n) is 14.9. The third-order valence-electron chi connectivity index (χ3n) is 8.66. The molecule has 5 rings (SSSR count). The number of likely N-dealkylation sites (tertiary alicyclic amines) is 1. The molecule has 2 saturated heterocycles. The summed E-state index contributed by atoms with van der Waals surface area (Å²) in [5.41, 5.74) is 0.727. The lowest BCUT2D eigenvalue weighted by atomic mass is 9.95. The number of piperidine rings is 1. The molecule has 0 N–H and O–H groups in total. The second-order valence-corrected chi connectivity index (χ2v) is 11.7. The van der Waals surface area contributed by atoms with E-state index in [1.54, 1.807) is 33.9 Å². The van der Waals surface area contributed by atoms with Gasteiger partial charge in [-0.25, -0.2) is 8.78 Å². The van der Waals surface area contributed by atoms with Crippen molar-refractivity contribution in [2.75, 3.05) is 64.9 Å². The summed E-state index contributed by atoms with van der Waals surface area (Å²) in [5, 5.41) is 3.40. The summed E-state index contributed by atoms with van der Waals surface area (Å²) in [5.74, 6) is 0.104. The van der Waals surface area contributed by atoms with Gasteiger partial charge in [-0.1, -0.05) is 6.92 Å². The van der Waals surface area contributed by atoms with E-state index < -0.39 is 24.8 Å². The Hall–Kier alpha value is -3.68. The van der Waals surface area contributed by atoms with Crippen LogP contribution in [0.2, 0.25) is 0 Å². The number of halogens is 5. The van der Waals surface area contributed by atoms with Gasteiger partial charge in [0.1, 0.15) is 6.54 Å². The van der Waals surface area contributed by atoms with E-state index in [2.05, 4.69) is 17.0 Å². The fraction of sp³-hybridized carbons (Fsp3) is 0.567. The first-order chi connectivity index (χ1) is 20.8. The number of carbonyl (C=O) groups is 2. The summed E-state index contributed by atoms with van der Waals surface area (Å²) < 4.78 is 67.7. The number of rotatable bonds is 7. The van der Waals surface area contributed by atoms with Gasteiger partial charge in [0.05, 0.1) is 12.4 Å². The van der Waals surface area contributed by atoms with Crippen molar-refractivity contribution in [3.8, 4) is 0 Å². The van der Waals surface area contributed by atoms with E-state index in [0.717, 1.165) is 37.7 Å². The van der Waals surface area contributed by atoms with Crippen LogP contribution in [0.15, 0.2) is 30.6 Å². The van der Waals surface area contributed by atoms with E-state index in [-0.39, 0.29) is 35.7 Å². The predicted molar refractivity (Wildman–Crippen MR) is 155 cm³/mol. The predicted octanol–water partition coefficient (Wildman–Crippen LogP) is 4.06. The van der Waals surface area contributed by atoms with Crippen LogP contribution in [0.25, 0.3) is 5.70 Å². The molecule has 14 heteroatoms. The quantitative estimate of drug-likeness (QED) is 0.434.